The summed E-state index contributed by atoms with van der Waals surface area (Å²) in [6, 6.07) is 6.09. The maximum absolute atomic E-state index is 11.1. The average molecular weight is 332 g/mol. The predicted molar refractivity (Wildman–Crippen MR) is 101 cm³/mol. The van der Waals surface area contributed by atoms with E-state index < -0.39 is 5.97 Å². The number of anilines is 1. The van der Waals surface area contributed by atoms with E-state index in [9.17, 15) is 4.79 Å². The van der Waals surface area contributed by atoms with Gasteiger partial charge < -0.3 is 10.0 Å². The topological polar surface area (TPSA) is 40.5 Å². The second-order valence-electron chi connectivity index (χ2n) is 7.23. The molecule has 1 aliphatic rings. The van der Waals surface area contributed by atoms with Crippen molar-refractivity contribution in [2.75, 3.05) is 11.9 Å². The molecular weight excluding hydrogens is 298 g/mol. The van der Waals surface area contributed by atoms with E-state index >= 15 is 0 Å². The highest BCUT2D eigenvalue weighted by Gasteiger charge is 2.26. The molecule has 0 aliphatic carbocycles. The Morgan fingerprint density at radius 3 is 2.33 bits per heavy atom. The minimum atomic E-state index is -0.839. The van der Waals surface area contributed by atoms with Gasteiger partial charge in [0.2, 0.25) is 0 Å². The summed E-state index contributed by atoms with van der Waals surface area (Å²) in [6.07, 6.45) is 14.5. The molecule has 24 heavy (non-hydrogen) atoms. The van der Waals surface area contributed by atoms with Gasteiger partial charge in [0.15, 0.2) is 0 Å². The summed E-state index contributed by atoms with van der Waals surface area (Å²) >= 11 is 0. The number of nitrogens with zero attached hydrogens (tertiary/aromatic N) is 1. The molecule has 0 saturated carbocycles. The third-order valence-electron chi connectivity index (χ3n) is 5.36. The lowest BCUT2D eigenvalue weighted by Crippen LogP contribution is -2.27. The highest BCUT2D eigenvalue weighted by atomic mass is 16.4. The van der Waals surface area contributed by atoms with Gasteiger partial charge in [-0.05, 0) is 30.5 Å². The third kappa shape index (κ3) is 5.25. The Morgan fingerprint density at radius 2 is 1.71 bits per heavy atom. The lowest BCUT2D eigenvalue weighted by atomic mass is 10.0. The van der Waals surface area contributed by atoms with Crippen LogP contribution in [0.3, 0.4) is 0 Å². The van der Waals surface area contributed by atoms with E-state index in [-0.39, 0.29) is 0 Å². The Bertz CT molecular complexity index is 527. The lowest BCUT2D eigenvalue weighted by Gasteiger charge is -2.22. The van der Waals surface area contributed by atoms with Crippen LogP contribution in [0.1, 0.15) is 87.1 Å². The zero-order valence-corrected chi connectivity index (χ0v) is 15.4. The zero-order chi connectivity index (χ0) is 17.4. The van der Waals surface area contributed by atoms with Crippen LogP contribution in [0, 0.1) is 0 Å². The molecule has 0 fully saturated rings. The van der Waals surface area contributed by atoms with Crippen molar-refractivity contribution in [2.24, 2.45) is 0 Å². The van der Waals surface area contributed by atoms with Gasteiger partial charge in [0.05, 0.1) is 5.56 Å². The van der Waals surface area contributed by atoms with Crippen LogP contribution in [0.2, 0.25) is 0 Å². The second-order valence-corrected chi connectivity index (χ2v) is 7.23. The fraction of sp³-hybridized carbons (Fsp3) is 0.667. The molecule has 0 spiro atoms. The normalized spacial score (nSPS) is 16.4. The molecule has 1 aromatic carbocycles. The average Bonchev–Trinajstić information content (AvgIpc) is 2.89. The molecule has 1 N–H and O–H groups in total. The summed E-state index contributed by atoms with van der Waals surface area (Å²) in [5, 5.41) is 9.14. The summed E-state index contributed by atoms with van der Waals surface area (Å²) in [6.45, 7) is 2.26. The first-order valence-electron chi connectivity index (χ1n) is 9.72. The van der Waals surface area contributed by atoms with Crippen LogP contribution < -0.4 is 4.90 Å². The van der Waals surface area contributed by atoms with E-state index in [1.54, 1.807) is 6.07 Å². The molecule has 134 valence electrons. The number of carbonyl (C=O) groups is 1. The molecule has 0 amide bonds. The Morgan fingerprint density at radius 1 is 1.08 bits per heavy atom. The molecule has 3 nitrogen and oxygen atoms in total. The van der Waals surface area contributed by atoms with Crippen LogP contribution in [-0.2, 0) is 6.42 Å². The highest BCUT2D eigenvalue weighted by molar-refractivity contribution is 5.89. The van der Waals surface area contributed by atoms with Crippen LogP contribution >= 0.6 is 0 Å². The summed E-state index contributed by atoms with van der Waals surface area (Å²) in [4.78, 5) is 13.4. The van der Waals surface area contributed by atoms with Gasteiger partial charge in [-0.15, -0.1) is 0 Å². The first-order valence-corrected chi connectivity index (χ1v) is 9.72. The van der Waals surface area contributed by atoms with Gasteiger partial charge in [0.25, 0.3) is 0 Å². The molecule has 1 aliphatic heterocycles. The number of hydrogen-bond donors (Lipinski definition) is 1. The quantitative estimate of drug-likeness (QED) is 0.531. The minimum Gasteiger partial charge on any atom is -0.478 e. The van der Waals surface area contributed by atoms with Gasteiger partial charge in [-0.1, -0.05) is 70.8 Å². The summed E-state index contributed by atoms with van der Waals surface area (Å²) < 4.78 is 0. The van der Waals surface area contributed by atoms with Gasteiger partial charge in [0.1, 0.15) is 0 Å². The molecule has 0 unspecified atom stereocenters. The summed E-state index contributed by atoms with van der Waals surface area (Å²) in [7, 11) is 2.11. The summed E-state index contributed by atoms with van der Waals surface area (Å²) in [5.41, 5.74) is 2.79. The number of unbranched alkanes of at least 4 members (excludes halogenated alkanes) is 8. The number of likely N-dealkylation sites (N-methyl/N-ethyl adjacent to an activating group) is 1. The highest BCUT2D eigenvalue weighted by Crippen LogP contribution is 2.33. The van der Waals surface area contributed by atoms with Gasteiger partial charge in [0, 0.05) is 18.8 Å². The number of benzene rings is 1. The Balaban J connectivity index is 1.65. The molecule has 2 rings (SSSR count). The largest absolute Gasteiger partial charge is 0.478 e. The fourth-order valence-electron chi connectivity index (χ4n) is 3.77. The maximum atomic E-state index is 11.1. The van der Waals surface area contributed by atoms with Gasteiger partial charge in [-0.2, -0.15) is 0 Å². The van der Waals surface area contributed by atoms with Crippen LogP contribution in [0.4, 0.5) is 5.69 Å². The van der Waals surface area contributed by atoms with Crippen LogP contribution in [-0.4, -0.2) is 24.2 Å². The Kier molecular flexibility index (Phi) is 7.61. The van der Waals surface area contributed by atoms with E-state index in [2.05, 4.69) is 18.9 Å². The second kappa shape index (κ2) is 9.71. The van der Waals surface area contributed by atoms with Crippen LogP contribution in [0.25, 0.3) is 0 Å². The van der Waals surface area contributed by atoms with Crippen molar-refractivity contribution in [1.82, 2.24) is 0 Å². The van der Waals surface area contributed by atoms with Gasteiger partial charge in [-0.25, -0.2) is 4.79 Å². The van der Waals surface area contributed by atoms with E-state index in [0.717, 1.165) is 12.1 Å². The molecule has 0 aromatic heterocycles. The standard InChI is InChI=1S/C21H33NO2/c1-3-4-5-6-7-8-9-10-11-12-19-15-17-13-14-18(21(23)24)16-20(17)22(19)2/h13-14,16,19H,3-12,15H2,1-2H3,(H,23,24)/t19-/m0/s1. The number of carboxylic acids is 1. The van der Waals surface area contributed by atoms with Crippen molar-refractivity contribution < 1.29 is 9.90 Å². The van der Waals surface area contributed by atoms with Crippen molar-refractivity contribution in [3.8, 4) is 0 Å². The van der Waals surface area contributed by atoms with E-state index in [0.29, 0.717) is 11.6 Å². The molecule has 1 heterocycles. The Hall–Kier alpha value is -1.51. The van der Waals surface area contributed by atoms with Crippen LogP contribution in [0.15, 0.2) is 18.2 Å². The van der Waals surface area contributed by atoms with Crippen molar-refractivity contribution in [3.63, 3.8) is 0 Å². The number of hydrogen-bond acceptors (Lipinski definition) is 2. The lowest BCUT2D eigenvalue weighted by molar-refractivity contribution is 0.0697. The van der Waals surface area contributed by atoms with E-state index in [1.807, 2.05) is 12.1 Å². The minimum absolute atomic E-state index is 0.393. The van der Waals surface area contributed by atoms with Crippen molar-refractivity contribution >= 4 is 11.7 Å². The van der Waals surface area contributed by atoms with E-state index in [4.69, 9.17) is 5.11 Å². The number of aromatic carboxylic acids is 1. The van der Waals surface area contributed by atoms with Crippen molar-refractivity contribution in [1.29, 1.82) is 0 Å². The number of fused-ring (bicyclic) bond motifs is 1. The number of carboxylic acid groups (broad SMARTS) is 1. The molecule has 3 heteroatoms. The fourth-order valence-corrected chi connectivity index (χ4v) is 3.77. The molecule has 1 aromatic rings. The SMILES string of the molecule is CCCCCCCCCCC[C@H]1Cc2ccc(C(=O)O)cc2N1C. The number of rotatable bonds is 11. The third-order valence-corrected chi connectivity index (χ3v) is 5.36. The molecule has 0 radical (unpaired) electrons. The van der Waals surface area contributed by atoms with Crippen molar-refractivity contribution in [2.45, 2.75) is 83.6 Å². The maximum Gasteiger partial charge on any atom is 0.335 e. The molecular formula is C21H33NO2. The Labute approximate surface area is 147 Å². The monoisotopic (exact) mass is 331 g/mol. The first kappa shape index (κ1) is 18.8. The molecule has 0 saturated heterocycles. The van der Waals surface area contributed by atoms with Crippen molar-refractivity contribution in [3.05, 3.63) is 29.3 Å². The molecule has 0 bridgehead atoms. The predicted octanol–water partition coefficient (Wildman–Crippen LogP) is 5.67. The van der Waals surface area contributed by atoms with Crippen LogP contribution in [0.5, 0.6) is 0 Å². The first-order chi connectivity index (χ1) is 11.6. The van der Waals surface area contributed by atoms with Gasteiger partial charge >= 0.3 is 5.97 Å². The van der Waals surface area contributed by atoms with E-state index in [1.165, 1.54) is 69.8 Å². The zero-order valence-electron chi connectivity index (χ0n) is 15.4. The van der Waals surface area contributed by atoms with Gasteiger partial charge in [-0.3, -0.25) is 0 Å². The smallest absolute Gasteiger partial charge is 0.335 e. The molecule has 1 atom stereocenters. The summed E-state index contributed by atoms with van der Waals surface area (Å²) in [5.74, 6) is -0.839.